The third kappa shape index (κ3) is 3.75. The number of aromatic nitrogens is 2. The van der Waals surface area contributed by atoms with E-state index in [1.165, 1.54) is 0 Å². The van der Waals surface area contributed by atoms with Crippen LogP contribution in [0.15, 0.2) is 89.7 Å². The average molecular weight is 416 g/mol. The van der Waals surface area contributed by atoms with Crippen LogP contribution in [0.1, 0.15) is 16.1 Å². The molecule has 0 unspecified atom stereocenters. The lowest BCUT2D eigenvalue weighted by Gasteiger charge is -2.18. The molecule has 148 valence electrons. The topological polar surface area (TPSA) is 64.0 Å². The highest BCUT2D eigenvalue weighted by molar-refractivity contribution is 6.34. The maximum atomic E-state index is 13.1. The summed E-state index contributed by atoms with van der Waals surface area (Å²) >= 11 is 6.21. The van der Waals surface area contributed by atoms with Crippen molar-refractivity contribution in [3.63, 3.8) is 0 Å². The van der Waals surface area contributed by atoms with Gasteiger partial charge in [-0.1, -0.05) is 72.3 Å². The van der Waals surface area contributed by atoms with E-state index in [0.29, 0.717) is 33.1 Å². The lowest BCUT2D eigenvalue weighted by molar-refractivity contribution is 0.102. The molecule has 3 aromatic carbocycles. The Hall–Kier alpha value is -3.70. The number of anilines is 1. The van der Waals surface area contributed by atoms with Gasteiger partial charge in [-0.25, -0.2) is 4.68 Å². The summed E-state index contributed by atoms with van der Waals surface area (Å²) < 4.78 is 1.58. The van der Waals surface area contributed by atoms with Gasteiger partial charge in [0.2, 0.25) is 5.43 Å². The molecule has 0 atom stereocenters. The van der Waals surface area contributed by atoms with Gasteiger partial charge in [0.25, 0.3) is 5.91 Å². The van der Waals surface area contributed by atoms with Gasteiger partial charge in [-0.15, -0.1) is 0 Å². The summed E-state index contributed by atoms with van der Waals surface area (Å²) in [6.07, 6.45) is 0. The Bertz CT molecular complexity index is 1270. The number of amides is 1. The molecule has 0 aliphatic rings. The number of hydrogen-bond donors (Lipinski definition) is 1. The molecule has 0 radical (unpaired) electrons. The first-order valence-corrected chi connectivity index (χ1v) is 9.74. The molecule has 0 aliphatic heterocycles. The lowest BCUT2D eigenvalue weighted by atomic mass is 10.0. The molecule has 1 aromatic heterocycles. The van der Waals surface area contributed by atoms with E-state index >= 15 is 0 Å². The summed E-state index contributed by atoms with van der Waals surface area (Å²) in [7, 11) is 0. The maximum absolute atomic E-state index is 13.1. The van der Waals surface area contributed by atoms with Gasteiger partial charge in [-0.3, -0.25) is 9.59 Å². The second kappa shape index (κ2) is 8.35. The minimum absolute atomic E-state index is 0.247. The second-order valence-corrected chi connectivity index (χ2v) is 7.09. The summed E-state index contributed by atoms with van der Waals surface area (Å²) in [6.45, 7) is 1.66. The van der Waals surface area contributed by atoms with Crippen LogP contribution in [-0.4, -0.2) is 15.7 Å². The minimum atomic E-state index is -0.424. The van der Waals surface area contributed by atoms with Gasteiger partial charge in [-0.05, 0) is 36.8 Å². The third-order valence-electron chi connectivity index (χ3n) is 4.67. The molecule has 1 N–H and O–H groups in total. The van der Waals surface area contributed by atoms with Crippen molar-refractivity contribution in [3.05, 3.63) is 111 Å². The van der Waals surface area contributed by atoms with Crippen LogP contribution in [0.25, 0.3) is 16.8 Å². The Kier molecular flexibility index (Phi) is 5.46. The Morgan fingerprint density at radius 2 is 1.50 bits per heavy atom. The lowest BCUT2D eigenvalue weighted by Crippen LogP contribution is -2.25. The zero-order chi connectivity index (χ0) is 21.1. The summed E-state index contributed by atoms with van der Waals surface area (Å²) in [5, 5.41) is 7.66. The van der Waals surface area contributed by atoms with Gasteiger partial charge in [0.05, 0.1) is 21.8 Å². The summed E-state index contributed by atoms with van der Waals surface area (Å²) in [5.41, 5.74) is 2.16. The number of nitrogens with zero attached hydrogens (tertiary/aromatic N) is 2. The number of carbonyl (C=O) groups excluding carboxylic acids is 1. The van der Waals surface area contributed by atoms with Crippen LogP contribution in [0, 0.1) is 6.92 Å². The van der Waals surface area contributed by atoms with E-state index in [9.17, 15) is 9.59 Å². The number of aryl methyl sites for hydroxylation is 1. The van der Waals surface area contributed by atoms with E-state index in [-0.39, 0.29) is 11.2 Å². The van der Waals surface area contributed by atoms with Gasteiger partial charge in [-0.2, -0.15) is 5.10 Å². The highest BCUT2D eigenvalue weighted by atomic mass is 35.5. The van der Waals surface area contributed by atoms with Gasteiger partial charge in [0.15, 0.2) is 0 Å². The van der Waals surface area contributed by atoms with Crippen molar-refractivity contribution in [2.75, 3.05) is 5.32 Å². The standard InChI is InChI=1S/C24H18ClN3O2/c1-16-22(29)21(17-10-4-2-5-11-17)23(28(27-16)18-12-6-3-7-13-18)26-24(30)19-14-8-9-15-20(19)25/h2-15H,1H3,(H,26,30). The van der Waals surface area contributed by atoms with Crippen molar-refractivity contribution in [2.24, 2.45) is 0 Å². The first-order valence-electron chi connectivity index (χ1n) is 9.37. The molecule has 30 heavy (non-hydrogen) atoms. The van der Waals surface area contributed by atoms with Crippen LogP contribution in [-0.2, 0) is 0 Å². The minimum Gasteiger partial charge on any atom is -0.306 e. The van der Waals surface area contributed by atoms with E-state index in [0.717, 1.165) is 0 Å². The van der Waals surface area contributed by atoms with Crippen molar-refractivity contribution in [1.29, 1.82) is 0 Å². The Labute approximate surface area is 178 Å². The summed E-state index contributed by atoms with van der Waals surface area (Å²) in [6, 6.07) is 25.3. The number of carbonyl (C=O) groups is 1. The summed E-state index contributed by atoms with van der Waals surface area (Å²) in [5.74, 6) is -0.138. The fraction of sp³-hybridized carbons (Fsp3) is 0.0417. The first-order chi connectivity index (χ1) is 14.6. The number of halogens is 1. The molecule has 1 heterocycles. The quantitative estimate of drug-likeness (QED) is 0.503. The maximum Gasteiger partial charge on any atom is 0.258 e. The normalized spacial score (nSPS) is 10.6. The number of benzene rings is 3. The Balaban J connectivity index is 1.96. The Morgan fingerprint density at radius 1 is 0.900 bits per heavy atom. The molecular weight excluding hydrogens is 398 g/mol. The van der Waals surface area contributed by atoms with Gasteiger partial charge in [0.1, 0.15) is 11.5 Å². The fourth-order valence-corrected chi connectivity index (χ4v) is 3.43. The molecule has 0 saturated heterocycles. The molecular formula is C24H18ClN3O2. The number of hydrogen-bond acceptors (Lipinski definition) is 3. The van der Waals surface area contributed by atoms with Crippen LogP contribution in [0.2, 0.25) is 5.02 Å². The van der Waals surface area contributed by atoms with Crippen LogP contribution in [0.5, 0.6) is 0 Å². The molecule has 0 fully saturated rings. The van der Waals surface area contributed by atoms with Crippen molar-refractivity contribution >= 4 is 23.3 Å². The highest BCUT2D eigenvalue weighted by Crippen LogP contribution is 2.28. The van der Waals surface area contributed by atoms with E-state index in [1.807, 2.05) is 60.7 Å². The van der Waals surface area contributed by atoms with Gasteiger partial charge < -0.3 is 5.32 Å². The predicted molar refractivity (Wildman–Crippen MR) is 119 cm³/mol. The number of rotatable bonds is 4. The number of para-hydroxylation sites is 1. The van der Waals surface area contributed by atoms with Crippen LogP contribution >= 0.6 is 11.6 Å². The molecule has 0 spiro atoms. The SMILES string of the molecule is Cc1nn(-c2ccccc2)c(NC(=O)c2ccccc2Cl)c(-c2ccccc2)c1=O. The largest absolute Gasteiger partial charge is 0.306 e. The van der Waals surface area contributed by atoms with Crippen molar-refractivity contribution in [1.82, 2.24) is 9.78 Å². The second-order valence-electron chi connectivity index (χ2n) is 6.69. The van der Waals surface area contributed by atoms with E-state index in [2.05, 4.69) is 10.4 Å². The molecule has 0 saturated carbocycles. The molecule has 0 bridgehead atoms. The molecule has 6 heteroatoms. The fourth-order valence-electron chi connectivity index (χ4n) is 3.20. The average Bonchev–Trinajstić information content (AvgIpc) is 2.77. The van der Waals surface area contributed by atoms with Crippen molar-refractivity contribution in [2.45, 2.75) is 6.92 Å². The zero-order valence-corrected chi connectivity index (χ0v) is 16.9. The van der Waals surface area contributed by atoms with Crippen molar-refractivity contribution in [3.8, 4) is 16.8 Å². The van der Waals surface area contributed by atoms with Crippen LogP contribution in [0.4, 0.5) is 5.82 Å². The molecule has 5 nitrogen and oxygen atoms in total. The Morgan fingerprint density at radius 3 is 2.17 bits per heavy atom. The van der Waals surface area contributed by atoms with Gasteiger partial charge >= 0.3 is 0 Å². The van der Waals surface area contributed by atoms with Crippen LogP contribution in [0.3, 0.4) is 0 Å². The number of nitrogens with one attached hydrogen (secondary N) is 1. The molecule has 4 rings (SSSR count). The monoisotopic (exact) mass is 415 g/mol. The van der Waals surface area contributed by atoms with E-state index in [4.69, 9.17) is 11.6 Å². The molecule has 0 aliphatic carbocycles. The van der Waals surface area contributed by atoms with E-state index in [1.54, 1.807) is 35.9 Å². The molecule has 4 aromatic rings. The molecule has 1 amide bonds. The first kappa shape index (κ1) is 19.6. The van der Waals surface area contributed by atoms with Crippen molar-refractivity contribution < 1.29 is 4.79 Å². The smallest absolute Gasteiger partial charge is 0.258 e. The van der Waals surface area contributed by atoms with Gasteiger partial charge in [0, 0.05) is 0 Å². The third-order valence-corrected chi connectivity index (χ3v) is 5.00. The summed E-state index contributed by atoms with van der Waals surface area (Å²) in [4.78, 5) is 26.2. The highest BCUT2D eigenvalue weighted by Gasteiger charge is 2.21. The predicted octanol–water partition coefficient (Wildman–Crippen LogP) is 5.11. The van der Waals surface area contributed by atoms with Crippen LogP contribution < -0.4 is 10.7 Å². The van der Waals surface area contributed by atoms with E-state index < -0.39 is 5.91 Å². The zero-order valence-electron chi connectivity index (χ0n) is 16.2.